The van der Waals surface area contributed by atoms with Gasteiger partial charge in [-0.05, 0) is 12.1 Å². The summed E-state index contributed by atoms with van der Waals surface area (Å²) >= 11 is 17.5. The fourth-order valence-electron chi connectivity index (χ4n) is 2.78. The van der Waals surface area contributed by atoms with Crippen LogP contribution in [0.2, 0.25) is 15.1 Å². The van der Waals surface area contributed by atoms with Crippen molar-refractivity contribution in [2.24, 2.45) is 0 Å². The van der Waals surface area contributed by atoms with Gasteiger partial charge in [-0.1, -0.05) is 34.8 Å². The Balaban J connectivity index is 1.70. The van der Waals surface area contributed by atoms with E-state index in [9.17, 15) is 14.9 Å². The van der Waals surface area contributed by atoms with Crippen molar-refractivity contribution < 1.29 is 4.92 Å². The van der Waals surface area contributed by atoms with Crippen LogP contribution in [0, 0.1) is 10.1 Å². The minimum Gasteiger partial charge on any atom is -0.363 e. The molecule has 0 amide bonds. The molecule has 0 saturated carbocycles. The van der Waals surface area contributed by atoms with Crippen LogP contribution in [0.4, 0.5) is 11.4 Å². The monoisotopic (exact) mass is 417 g/mol. The molecule has 0 aliphatic carbocycles. The topological polar surface area (TPSA) is 84.5 Å². The number of benzene rings is 1. The van der Waals surface area contributed by atoms with Crippen molar-refractivity contribution in [3.8, 4) is 0 Å². The van der Waals surface area contributed by atoms with Crippen molar-refractivity contribution in [2.45, 2.75) is 6.67 Å². The number of halogens is 3. The zero-order chi connectivity index (χ0) is 18.8. The normalized spacial score (nSPS) is 15.3. The van der Waals surface area contributed by atoms with Crippen LogP contribution in [0.15, 0.2) is 29.2 Å². The SMILES string of the molecule is O=c1c(Cl)c(Cl)cnn1CN1CCN(c2ccc(Cl)cc2[N+](=O)[O-])CC1. The van der Waals surface area contributed by atoms with Gasteiger partial charge in [0.2, 0.25) is 0 Å². The number of nitro benzene ring substituents is 1. The molecule has 1 aromatic carbocycles. The van der Waals surface area contributed by atoms with Gasteiger partial charge in [0.05, 0.1) is 22.8 Å². The lowest BCUT2D eigenvalue weighted by Gasteiger charge is -2.35. The van der Waals surface area contributed by atoms with E-state index < -0.39 is 10.5 Å². The largest absolute Gasteiger partial charge is 0.363 e. The van der Waals surface area contributed by atoms with Crippen molar-refractivity contribution in [2.75, 3.05) is 31.1 Å². The molecule has 138 valence electrons. The van der Waals surface area contributed by atoms with E-state index in [0.717, 1.165) is 0 Å². The molecule has 0 bridgehead atoms. The molecule has 1 aliphatic heterocycles. The Hall–Kier alpha value is -1.87. The zero-order valence-electron chi connectivity index (χ0n) is 13.4. The molecule has 1 fully saturated rings. The third-order valence-corrected chi connectivity index (χ3v) is 5.11. The third-order valence-electron chi connectivity index (χ3n) is 4.12. The molecule has 0 N–H and O–H groups in total. The van der Waals surface area contributed by atoms with Crippen molar-refractivity contribution in [3.63, 3.8) is 0 Å². The first kappa shape index (κ1) is 18.9. The van der Waals surface area contributed by atoms with Crippen LogP contribution in [0.25, 0.3) is 0 Å². The van der Waals surface area contributed by atoms with Crippen LogP contribution in [0.3, 0.4) is 0 Å². The van der Waals surface area contributed by atoms with Crippen LogP contribution in [-0.4, -0.2) is 45.8 Å². The van der Waals surface area contributed by atoms with Gasteiger partial charge >= 0.3 is 0 Å². The lowest BCUT2D eigenvalue weighted by atomic mass is 10.2. The van der Waals surface area contributed by atoms with Gasteiger partial charge in [-0.15, -0.1) is 0 Å². The number of hydrogen-bond acceptors (Lipinski definition) is 6. The van der Waals surface area contributed by atoms with Gasteiger partial charge in [0.1, 0.15) is 10.7 Å². The second-order valence-corrected chi connectivity index (χ2v) is 6.97. The number of nitro groups is 1. The summed E-state index contributed by atoms with van der Waals surface area (Å²) in [5.41, 5.74) is 0.0622. The minimum absolute atomic E-state index is 0.0201. The van der Waals surface area contributed by atoms with Crippen LogP contribution in [-0.2, 0) is 6.67 Å². The van der Waals surface area contributed by atoms with Crippen LogP contribution >= 0.6 is 34.8 Å². The number of hydrogen-bond donors (Lipinski definition) is 0. The first-order valence-corrected chi connectivity index (χ1v) is 8.82. The van der Waals surface area contributed by atoms with E-state index >= 15 is 0 Å². The summed E-state index contributed by atoms with van der Waals surface area (Å²) in [6, 6.07) is 4.64. The van der Waals surface area contributed by atoms with Crippen LogP contribution in [0.1, 0.15) is 0 Å². The Bertz CT molecular complexity index is 897. The molecule has 11 heteroatoms. The maximum Gasteiger partial charge on any atom is 0.294 e. The Morgan fingerprint density at radius 3 is 2.50 bits per heavy atom. The van der Waals surface area contributed by atoms with Gasteiger partial charge in [-0.25, -0.2) is 4.68 Å². The van der Waals surface area contributed by atoms with E-state index in [1.807, 2.05) is 9.80 Å². The van der Waals surface area contributed by atoms with Crippen molar-refractivity contribution >= 4 is 46.2 Å². The summed E-state index contributed by atoms with van der Waals surface area (Å²) in [4.78, 5) is 26.8. The van der Waals surface area contributed by atoms with Gasteiger partial charge in [-0.3, -0.25) is 19.8 Å². The molecule has 1 saturated heterocycles. The summed E-state index contributed by atoms with van der Waals surface area (Å²) in [6.45, 7) is 2.62. The van der Waals surface area contributed by atoms with Gasteiger partial charge in [0, 0.05) is 37.3 Å². The highest BCUT2D eigenvalue weighted by molar-refractivity contribution is 6.41. The molecule has 0 spiro atoms. The zero-order valence-corrected chi connectivity index (χ0v) is 15.7. The van der Waals surface area contributed by atoms with E-state index in [-0.39, 0.29) is 22.4 Å². The maximum absolute atomic E-state index is 12.1. The number of piperazine rings is 1. The summed E-state index contributed by atoms with van der Waals surface area (Å²) in [6.07, 6.45) is 1.33. The number of rotatable bonds is 4. The second-order valence-electron chi connectivity index (χ2n) is 5.75. The fourth-order valence-corrected chi connectivity index (χ4v) is 3.21. The molecule has 0 radical (unpaired) electrons. The molecule has 0 atom stereocenters. The van der Waals surface area contributed by atoms with Crippen molar-refractivity contribution in [1.82, 2.24) is 14.7 Å². The molecule has 8 nitrogen and oxygen atoms in total. The van der Waals surface area contributed by atoms with Gasteiger partial charge in [0.15, 0.2) is 0 Å². The lowest BCUT2D eigenvalue weighted by Crippen LogP contribution is -2.48. The quantitative estimate of drug-likeness (QED) is 0.561. The van der Waals surface area contributed by atoms with E-state index in [1.54, 1.807) is 12.1 Å². The van der Waals surface area contributed by atoms with Crippen molar-refractivity contribution in [1.29, 1.82) is 0 Å². The molecule has 0 unspecified atom stereocenters. The van der Waals surface area contributed by atoms with E-state index in [0.29, 0.717) is 36.9 Å². The number of anilines is 1. The van der Waals surface area contributed by atoms with Crippen LogP contribution < -0.4 is 10.5 Å². The predicted molar refractivity (Wildman–Crippen MR) is 100 cm³/mol. The number of nitrogens with zero attached hydrogens (tertiary/aromatic N) is 5. The number of aromatic nitrogens is 2. The van der Waals surface area contributed by atoms with E-state index in [4.69, 9.17) is 34.8 Å². The molecule has 3 rings (SSSR count). The van der Waals surface area contributed by atoms with Crippen molar-refractivity contribution in [3.05, 3.63) is 59.9 Å². The first-order valence-electron chi connectivity index (χ1n) is 7.69. The highest BCUT2D eigenvalue weighted by Gasteiger charge is 2.24. The van der Waals surface area contributed by atoms with Gasteiger partial charge in [0.25, 0.3) is 11.2 Å². The molecule has 2 aromatic rings. The average molecular weight is 419 g/mol. The summed E-state index contributed by atoms with van der Waals surface area (Å²) in [5.74, 6) is 0. The van der Waals surface area contributed by atoms with Gasteiger partial charge in [-0.2, -0.15) is 5.10 Å². The predicted octanol–water partition coefficient (Wildman–Crippen LogP) is 2.89. The summed E-state index contributed by atoms with van der Waals surface area (Å²) in [7, 11) is 0. The summed E-state index contributed by atoms with van der Waals surface area (Å²) < 4.78 is 1.24. The molecule has 1 aliphatic rings. The minimum atomic E-state index is -0.449. The maximum atomic E-state index is 12.1. The molecule has 1 aromatic heterocycles. The highest BCUT2D eigenvalue weighted by Crippen LogP contribution is 2.31. The van der Waals surface area contributed by atoms with E-state index in [2.05, 4.69) is 5.10 Å². The first-order chi connectivity index (χ1) is 12.4. The Kier molecular flexibility index (Phi) is 5.67. The third kappa shape index (κ3) is 3.93. The molecular formula is C15H14Cl3N5O3. The lowest BCUT2D eigenvalue weighted by molar-refractivity contribution is -0.384. The standard InChI is InChI=1S/C15H14Cl3N5O3/c16-10-1-2-12(13(7-10)23(25)26)21-5-3-20(4-6-21)9-22-15(24)14(18)11(17)8-19-22/h1-2,7-8H,3-6,9H2. The Morgan fingerprint density at radius 1 is 1.15 bits per heavy atom. The van der Waals surface area contributed by atoms with E-state index in [1.165, 1.54) is 16.9 Å². The Labute approximate surface area is 163 Å². The summed E-state index contributed by atoms with van der Waals surface area (Å²) in [5, 5.41) is 15.6. The fraction of sp³-hybridized carbons (Fsp3) is 0.333. The molecule has 26 heavy (non-hydrogen) atoms. The Morgan fingerprint density at radius 2 is 1.85 bits per heavy atom. The average Bonchev–Trinajstić information content (AvgIpc) is 2.63. The highest BCUT2D eigenvalue weighted by atomic mass is 35.5. The van der Waals surface area contributed by atoms with Gasteiger partial charge < -0.3 is 4.90 Å². The second kappa shape index (κ2) is 7.79. The molecular weight excluding hydrogens is 405 g/mol. The van der Waals surface area contributed by atoms with Crippen LogP contribution in [0.5, 0.6) is 0 Å². The smallest absolute Gasteiger partial charge is 0.294 e. The molecule has 2 heterocycles.